The van der Waals surface area contributed by atoms with Crippen molar-refractivity contribution in [3.63, 3.8) is 0 Å². The van der Waals surface area contributed by atoms with Crippen molar-refractivity contribution in [2.75, 3.05) is 58.5 Å². The molecule has 0 bridgehead atoms. The van der Waals surface area contributed by atoms with Gasteiger partial charge in [-0.15, -0.1) is 10.2 Å². The number of methoxy groups -OCH3 is 2. The summed E-state index contributed by atoms with van der Waals surface area (Å²) < 4.78 is 15.9. The molecular weight excluding hydrogens is 482 g/mol. The van der Waals surface area contributed by atoms with Gasteiger partial charge in [-0.1, -0.05) is 23.5 Å². The highest BCUT2D eigenvalue weighted by atomic mass is 32.1. The van der Waals surface area contributed by atoms with Gasteiger partial charge >= 0.3 is 0 Å². The van der Waals surface area contributed by atoms with E-state index in [0.29, 0.717) is 47.5 Å². The predicted molar refractivity (Wildman–Crippen MR) is 136 cm³/mol. The molecule has 1 aromatic heterocycles. The fourth-order valence-corrected chi connectivity index (χ4v) is 4.45. The van der Waals surface area contributed by atoms with Crippen LogP contribution in [0.25, 0.3) is 0 Å². The number of nitrogens with one attached hydrogen (secondary N) is 1. The number of ether oxygens (including phenoxy) is 3. The van der Waals surface area contributed by atoms with Gasteiger partial charge in [-0.3, -0.25) is 19.4 Å². The molecule has 3 aromatic rings. The summed E-state index contributed by atoms with van der Waals surface area (Å²) in [4.78, 5) is 30.1. The van der Waals surface area contributed by atoms with Gasteiger partial charge in [0.2, 0.25) is 5.13 Å². The summed E-state index contributed by atoms with van der Waals surface area (Å²) in [5.41, 5.74) is 3.39. The Hall–Kier alpha value is -3.54. The Labute approximate surface area is 213 Å². The minimum Gasteiger partial charge on any atom is -0.493 e. The van der Waals surface area contributed by atoms with Crippen molar-refractivity contribution < 1.29 is 23.8 Å². The second-order valence-corrected chi connectivity index (χ2v) is 8.90. The SMILES string of the molecule is COc1ccc(C(=O)NCc2cccc(C(=O)N(CCN3CCOCC3)c3nncs3)c2)cc1OC. The van der Waals surface area contributed by atoms with Crippen molar-refractivity contribution in [1.29, 1.82) is 0 Å². The number of nitrogens with zero attached hydrogens (tertiary/aromatic N) is 4. The van der Waals surface area contributed by atoms with E-state index in [0.717, 1.165) is 25.2 Å². The number of hydrogen-bond donors (Lipinski definition) is 1. The minimum atomic E-state index is -0.256. The molecule has 2 heterocycles. The molecule has 1 N–H and O–H groups in total. The normalized spacial score (nSPS) is 13.7. The van der Waals surface area contributed by atoms with E-state index in [1.54, 1.807) is 47.9 Å². The molecule has 4 rings (SSSR count). The van der Waals surface area contributed by atoms with Crippen LogP contribution in [0.2, 0.25) is 0 Å². The van der Waals surface area contributed by atoms with E-state index in [2.05, 4.69) is 20.4 Å². The van der Waals surface area contributed by atoms with Crippen molar-refractivity contribution in [3.8, 4) is 11.5 Å². The van der Waals surface area contributed by atoms with E-state index in [1.165, 1.54) is 18.4 Å². The first-order valence-corrected chi connectivity index (χ1v) is 12.4. The monoisotopic (exact) mass is 511 g/mol. The molecule has 36 heavy (non-hydrogen) atoms. The average molecular weight is 512 g/mol. The molecule has 1 fully saturated rings. The Morgan fingerprint density at radius 1 is 1.08 bits per heavy atom. The maximum Gasteiger partial charge on any atom is 0.260 e. The summed E-state index contributed by atoms with van der Waals surface area (Å²) in [6.45, 7) is 4.55. The van der Waals surface area contributed by atoms with Crippen LogP contribution in [0, 0.1) is 0 Å². The number of rotatable bonds is 10. The third-order valence-electron chi connectivity index (χ3n) is 5.84. The number of carbonyl (C=O) groups excluding carboxylic acids is 2. The lowest BCUT2D eigenvalue weighted by atomic mass is 10.1. The minimum absolute atomic E-state index is 0.159. The van der Waals surface area contributed by atoms with Crippen LogP contribution in [0.3, 0.4) is 0 Å². The fraction of sp³-hybridized carbons (Fsp3) is 0.360. The summed E-state index contributed by atoms with van der Waals surface area (Å²) in [5.74, 6) is 0.613. The van der Waals surface area contributed by atoms with Gasteiger partial charge in [-0.25, -0.2) is 0 Å². The number of morpholine rings is 1. The summed E-state index contributed by atoms with van der Waals surface area (Å²) in [6.07, 6.45) is 0. The Balaban J connectivity index is 1.42. The van der Waals surface area contributed by atoms with Crippen molar-refractivity contribution in [1.82, 2.24) is 20.4 Å². The third-order valence-corrected chi connectivity index (χ3v) is 6.55. The van der Waals surface area contributed by atoms with Gasteiger partial charge in [0, 0.05) is 43.9 Å². The predicted octanol–water partition coefficient (Wildman–Crippen LogP) is 2.46. The Bertz CT molecular complexity index is 1170. The zero-order chi connectivity index (χ0) is 25.3. The average Bonchev–Trinajstić information content (AvgIpc) is 3.46. The Morgan fingerprint density at radius 3 is 2.61 bits per heavy atom. The van der Waals surface area contributed by atoms with Crippen LogP contribution in [0.4, 0.5) is 5.13 Å². The standard InChI is InChI=1S/C25H29N5O5S/c1-33-21-7-6-19(15-22(21)34-2)23(31)26-16-18-4-3-5-20(14-18)24(32)30(25-28-27-17-36-25)9-8-29-10-12-35-13-11-29/h3-7,14-15,17H,8-13,16H2,1-2H3,(H,26,31). The molecule has 0 radical (unpaired) electrons. The fourth-order valence-electron chi connectivity index (χ4n) is 3.87. The number of benzene rings is 2. The summed E-state index contributed by atoms with van der Waals surface area (Å²) in [5, 5.41) is 11.5. The first-order valence-electron chi connectivity index (χ1n) is 11.6. The van der Waals surface area contributed by atoms with Crippen LogP contribution in [-0.4, -0.2) is 80.5 Å². The highest BCUT2D eigenvalue weighted by molar-refractivity contribution is 7.13. The summed E-state index contributed by atoms with van der Waals surface area (Å²) >= 11 is 1.33. The van der Waals surface area contributed by atoms with Gasteiger partial charge in [0.25, 0.3) is 11.8 Å². The van der Waals surface area contributed by atoms with Crippen LogP contribution in [0.5, 0.6) is 11.5 Å². The van der Waals surface area contributed by atoms with Crippen LogP contribution < -0.4 is 19.7 Å². The van der Waals surface area contributed by atoms with Crippen molar-refractivity contribution in [2.24, 2.45) is 0 Å². The molecule has 0 atom stereocenters. The van der Waals surface area contributed by atoms with Crippen LogP contribution in [0.15, 0.2) is 48.0 Å². The van der Waals surface area contributed by atoms with Gasteiger partial charge in [0.1, 0.15) is 5.51 Å². The lowest BCUT2D eigenvalue weighted by Gasteiger charge is -2.29. The molecule has 2 aromatic carbocycles. The zero-order valence-corrected chi connectivity index (χ0v) is 21.1. The number of carbonyl (C=O) groups is 2. The molecule has 1 aliphatic rings. The molecule has 11 heteroatoms. The summed E-state index contributed by atoms with van der Waals surface area (Å²) in [7, 11) is 3.06. The van der Waals surface area contributed by atoms with Crippen molar-refractivity contribution >= 4 is 28.3 Å². The van der Waals surface area contributed by atoms with E-state index >= 15 is 0 Å². The van der Waals surface area contributed by atoms with E-state index in [4.69, 9.17) is 14.2 Å². The van der Waals surface area contributed by atoms with Gasteiger partial charge in [0.15, 0.2) is 11.5 Å². The van der Waals surface area contributed by atoms with Crippen LogP contribution >= 0.6 is 11.3 Å². The lowest BCUT2D eigenvalue weighted by molar-refractivity contribution is 0.0391. The molecule has 1 aliphatic heterocycles. The highest BCUT2D eigenvalue weighted by Gasteiger charge is 2.22. The van der Waals surface area contributed by atoms with Crippen molar-refractivity contribution in [3.05, 3.63) is 64.7 Å². The lowest BCUT2D eigenvalue weighted by Crippen LogP contribution is -2.43. The maximum absolute atomic E-state index is 13.5. The first kappa shape index (κ1) is 25.5. The molecule has 10 nitrogen and oxygen atoms in total. The molecule has 0 aliphatic carbocycles. The number of amides is 2. The molecule has 190 valence electrons. The maximum atomic E-state index is 13.5. The van der Waals surface area contributed by atoms with E-state index in [1.807, 2.05) is 12.1 Å². The van der Waals surface area contributed by atoms with Crippen LogP contribution in [0.1, 0.15) is 26.3 Å². The number of aromatic nitrogens is 2. The van der Waals surface area contributed by atoms with Crippen molar-refractivity contribution in [2.45, 2.75) is 6.54 Å². The number of hydrogen-bond acceptors (Lipinski definition) is 9. The quantitative estimate of drug-likeness (QED) is 0.443. The van der Waals surface area contributed by atoms with E-state index < -0.39 is 0 Å². The van der Waals surface area contributed by atoms with E-state index in [-0.39, 0.29) is 18.4 Å². The zero-order valence-electron chi connectivity index (χ0n) is 20.3. The van der Waals surface area contributed by atoms with Gasteiger partial charge in [-0.05, 0) is 35.9 Å². The number of anilines is 1. The Morgan fingerprint density at radius 2 is 1.89 bits per heavy atom. The molecule has 1 saturated heterocycles. The first-order chi connectivity index (χ1) is 17.6. The highest BCUT2D eigenvalue weighted by Crippen LogP contribution is 2.27. The second kappa shape index (κ2) is 12.4. The third kappa shape index (κ3) is 6.36. The molecule has 0 saturated carbocycles. The van der Waals surface area contributed by atoms with Gasteiger partial charge in [0.05, 0.1) is 27.4 Å². The molecule has 2 amide bonds. The van der Waals surface area contributed by atoms with Gasteiger partial charge in [-0.2, -0.15) is 0 Å². The second-order valence-electron chi connectivity index (χ2n) is 8.08. The molecular formula is C25H29N5O5S. The summed E-state index contributed by atoms with van der Waals surface area (Å²) in [6, 6.07) is 12.2. The van der Waals surface area contributed by atoms with Crippen LogP contribution in [-0.2, 0) is 11.3 Å². The smallest absolute Gasteiger partial charge is 0.260 e. The van der Waals surface area contributed by atoms with E-state index in [9.17, 15) is 9.59 Å². The van der Waals surface area contributed by atoms with Gasteiger partial charge < -0.3 is 19.5 Å². The Kier molecular flexibility index (Phi) is 8.82. The largest absolute Gasteiger partial charge is 0.493 e. The topological polar surface area (TPSA) is 106 Å². The molecule has 0 spiro atoms. The molecule has 0 unspecified atom stereocenters.